The molecule has 0 heterocycles. The first-order chi connectivity index (χ1) is 8.78. The minimum atomic E-state index is -0.794. The fraction of sp³-hybridized carbons (Fsp3) is 0.600. The highest BCUT2D eigenvalue weighted by Crippen LogP contribution is 2.19. The van der Waals surface area contributed by atoms with Crippen LogP contribution in [-0.4, -0.2) is 23.4 Å². The molecular weight excluding hydrogens is 245 g/mol. The first kappa shape index (κ1) is 15.9. The molecular formula is C15H24FNO2. The van der Waals surface area contributed by atoms with Gasteiger partial charge < -0.3 is 15.2 Å². The maximum absolute atomic E-state index is 13.8. The molecule has 108 valence electrons. The first-order valence-electron chi connectivity index (χ1n) is 6.65. The zero-order valence-electron chi connectivity index (χ0n) is 12.2. The molecule has 0 spiro atoms. The molecule has 0 bridgehead atoms. The molecule has 4 heteroatoms. The lowest BCUT2D eigenvalue weighted by Crippen LogP contribution is -2.22. The second kappa shape index (κ2) is 6.87. The van der Waals surface area contributed by atoms with Crippen LogP contribution >= 0.6 is 0 Å². The summed E-state index contributed by atoms with van der Waals surface area (Å²) in [6, 6.07) is 5.33. The van der Waals surface area contributed by atoms with E-state index in [0.29, 0.717) is 25.6 Å². The number of rotatable bonds is 7. The minimum absolute atomic E-state index is 0.234. The van der Waals surface area contributed by atoms with Crippen molar-refractivity contribution in [1.82, 2.24) is 5.32 Å². The summed E-state index contributed by atoms with van der Waals surface area (Å²) in [5.74, 6) is -0.128. The Morgan fingerprint density at radius 2 is 2.05 bits per heavy atom. The average Bonchev–Trinajstić information content (AvgIpc) is 2.27. The van der Waals surface area contributed by atoms with Gasteiger partial charge in [0, 0.05) is 19.0 Å². The molecule has 0 atom stereocenters. The van der Waals surface area contributed by atoms with Crippen molar-refractivity contribution in [2.24, 2.45) is 0 Å². The Bertz CT molecular complexity index is 400. The van der Waals surface area contributed by atoms with E-state index in [2.05, 4.69) is 5.32 Å². The second-order valence-electron chi connectivity index (χ2n) is 5.71. The van der Waals surface area contributed by atoms with Crippen molar-refractivity contribution in [3.05, 3.63) is 29.6 Å². The molecule has 0 aromatic heterocycles. The lowest BCUT2D eigenvalue weighted by atomic mass is 10.1. The number of ether oxygens (including phenoxy) is 1. The van der Waals surface area contributed by atoms with E-state index in [-0.39, 0.29) is 11.6 Å². The van der Waals surface area contributed by atoms with Gasteiger partial charge in [0.25, 0.3) is 0 Å². The van der Waals surface area contributed by atoms with Gasteiger partial charge in [-0.3, -0.25) is 0 Å². The highest BCUT2D eigenvalue weighted by Gasteiger charge is 2.13. The zero-order valence-corrected chi connectivity index (χ0v) is 12.2. The molecule has 0 saturated heterocycles. The van der Waals surface area contributed by atoms with E-state index in [1.165, 1.54) is 6.07 Å². The van der Waals surface area contributed by atoms with Crippen molar-refractivity contribution in [3.8, 4) is 5.75 Å². The van der Waals surface area contributed by atoms with Crippen molar-refractivity contribution in [2.45, 2.75) is 52.3 Å². The normalized spacial score (nSPS) is 11.9. The van der Waals surface area contributed by atoms with Crippen molar-refractivity contribution in [1.29, 1.82) is 0 Å². The molecule has 3 nitrogen and oxygen atoms in total. The predicted octanol–water partition coefficient (Wildman–Crippen LogP) is 2.86. The third kappa shape index (κ3) is 6.55. The maximum atomic E-state index is 13.8. The van der Waals surface area contributed by atoms with E-state index in [0.717, 1.165) is 5.56 Å². The van der Waals surface area contributed by atoms with Crippen LogP contribution in [0.5, 0.6) is 5.75 Å². The van der Waals surface area contributed by atoms with Gasteiger partial charge in [0.05, 0.1) is 12.2 Å². The van der Waals surface area contributed by atoms with Crippen LogP contribution in [0.4, 0.5) is 4.39 Å². The Balaban J connectivity index is 2.52. The summed E-state index contributed by atoms with van der Waals surface area (Å²) in [7, 11) is 0. The van der Waals surface area contributed by atoms with E-state index >= 15 is 0 Å². The van der Waals surface area contributed by atoms with Crippen molar-refractivity contribution in [3.63, 3.8) is 0 Å². The fourth-order valence-corrected chi connectivity index (χ4v) is 1.50. The molecule has 1 rings (SSSR count). The van der Waals surface area contributed by atoms with Crippen LogP contribution in [0.3, 0.4) is 0 Å². The van der Waals surface area contributed by atoms with Gasteiger partial charge in [-0.05, 0) is 31.5 Å². The zero-order chi connectivity index (χ0) is 14.5. The molecule has 0 aliphatic heterocycles. The summed E-state index contributed by atoms with van der Waals surface area (Å²) in [6.07, 6.45) is 0.461. The molecule has 0 fully saturated rings. The van der Waals surface area contributed by atoms with Crippen LogP contribution < -0.4 is 10.1 Å². The molecule has 1 aromatic rings. The average molecular weight is 269 g/mol. The minimum Gasteiger partial charge on any atom is -0.490 e. The maximum Gasteiger partial charge on any atom is 0.165 e. The summed E-state index contributed by atoms with van der Waals surface area (Å²) >= 11 is 0. The van der Waals surface area contributed by atoms with Gasteiger partial charge in [-0.2, -0.15) is 0 Å². The summed E-state index contributed by atoms with van der Waals surface area (Å²) in [5, 5.41) is 12.8. The summed E-state index contributed by atoms with van der Waals surface area (Å²) in [5.41, 5.74) is 0.0958. The van der Waals surface area contributed by atoms with Gasteiger partial charge in [-0.15, -0.1) is 0 Å². The van der Waals surface area contributed by atoms with E-state index in [4.69, 9.17) is 4.74 Å². The van der Waals surface area contributed by atoms with E-state index in [1.54, 1.807) is 19.9 Å². The van der Waals surface area contributed by atoms with Crippen LogP contribution in [0.15, 0.2) is 18.2 Å². The van der Waals surface area contributed by atoms with Gasteiger partial charge in [0.1, 0.15) is 0 Å². The topological polar surface area (TPSA) is 41.5 Å². The molecule has 19 heavy (non-hydrogen) atoms. The molecule has 0 aliphatic rings. The lowest BCUT2D eigenvalue weighted by Gasteiger charge is -2.17. The molecule has 0 aliphatic carbocycles. The van der Waals surface area contributed by atoms with Crippen LogP contribution in [-0.2, 0) is 6.54 Å². The number of aliphatic hydroxyl groups is 1. The summed E-state index contributed by atoms with van der Waals surface area (Å²) < 4.78 is 19.1. The highest BCUT2D eigenvalue weighted by molar-refractivity contribution is 5.29. The van der Waals surface area contributed by atoms with E-state index in [9.17, 15) is 9.50 Å². The smallest absolute Gasteiger partial charge is 0.165 e. The van der Waals surface area contributed by atoms with Gasteiger partial charge in [-0.1, -0.05) is 19.9 Å². The SMILES string of the molecule is CC(C)NCc1ccc(OCCC(C)(C)O)c(F)c1. The predicted molar refractivity (Wildman–Crippen MR) is 74.8 cm³/mol. The van der Waals surface area contributed by atoms with Gasteiger partial charge in [0.2, 0.25) is 0 Å². The Morgan fingerprint density at radius 3 is 2.58 bits per heavy atom. The van der Waals surface area contributed by atoms with Crippen LogP contribution in [0.25, 0.3) is 0 Å². The molecule has 0 amide bonds. The van der Waals surface area contributed by atoms with E-state index in [1.807, 2.05) is 19.9 Å². The van der Waals surface area contributed by atoms with Crippen LogP contribution in [0.2, 0.25) is 0 Å². The lowest BCUT2D eigenvalue weighted by molar-refractivity contribution is 0.0547. The molecule has 0 saturated carbocycles. The molecule has 2 N–H and O–H groups in total. The molecule has 0 unspecified atom stereocenters. The third-order valence-corrected chi connectivity index (χ3v) is 2.68. The van der Waals surface area contributed by atoms with Crippen LogP contribution in [0.1, 0.15) is 39.7 Å². The van der Waals surface area contributed by atoms with Crippen molar-refractivity contribution >= 4 is 0 Å². The van der Waals surface area contributed by atoms with Crippen LogP contribution in [0, 0.1) is 5.82 Å². The number of nitrogens with one attached hydrogen (secondary N) is 1. The first-order valence-corrected chi connectivity index (χ1v) is 6.65. The van der Waals surface area contributed by atoms with Crippen molar-refractivity contribution in [2.75, 3.05) is 6.61 Å². The largest absolute Gasteiger partial charge is 0.490 e. The Morgan fingerprint density at radius 1 is 1.37 bits per heavy atom. The summed E-state index contributed by atoms with van der Waals surface area (Å²) in [6.45, 7) is 8.43. The second-order valence-corrected chi connectivity index (χ2v) is 5.71. The van der Waals surface area contributed by atoms with Gasteiger partial charge >= 0.3 is 0 Å². The van der Waals surface area contributed by atoms with E-state index < -0.39 is 5.60 Å². The number of hydrogen-bond donors (Lipinski definition) is 2. The molecule has 1 aromatic carbocycles. The highest BCUT2D eigenvalue weighted by atomic mass is 19.1. The van der Waals surface area contributed by atoms with Crippen molar-refractivity contribution < 1.29 is 14.2 Å². The number of benzene rings is 1. The monoisotopic (exact) mass is 269 g/mol. The standard InChI is InChI=1S/C15H24FNO2/c1-11(2)17-10-12-5-6-14(13(16)9-12)19-8-7-15(3,4)18/h5-6,9,11,17-18H,7-8,10H2,1-4H3. The number of hydrogen-bond acceptors (Lipinski definition) is 3. The summed E-state index contributed by atoms with van der Waals surface area (Å²) in [4.78, 5) is 0. The quantitative estimate of drug-likeness (QED) is 0.799. The number of halogens is 1. The van der Waals surface area contributed by atoms with Gasteiger partial charge in [0.15, 0.2) is 11.6 Å². The van der Waals surface area contributed by atoms with Gasteiger partial charge in [-0.25, -0.2) is 4.39 Å². The third-order valence-electron chi connectivity index (χ3n) is 2.68. The Kier molecular flexibility index (Phi) is 5.76. The Hall–Kier alpha value is -1.13. The molecule has 0 radical (unpaired) electrons. The Labute approximate surface area is 114 Å². The fourth-order valence-electron chi connectivity index (χ4n) is 1.50.